The minimum atomic E-state index is -0.418. The van der Waals surface area contributed by atoms with Gasteiger partial charge in [-0.3, -0.25) is 0 Å². The summed E-state index contributed by atoms with van der Waals surface area (Å²) in [4.78, 5) is 2.33. The summed E-state index contributed by atoms with van der Waals surface area (Å²) < 4.78 is 20.1. The van der Waals surface area contributed by atoms with Crippen LogP contribution >= 0.6 is 0 Å². The second kappa shape index (κ2) is 4.57. The van der Waals surface area contributed by atoms with Crippen LogP contribution in [0.15, 0.2) is 48.5 Å². The Labute approximate surface area is 124 Å². The van der Waals surface area contributed by atoms with Gasteiger partial charge in [0.1, 0.15) is 17.2 Å². The maximum Gasteiger partial charge on any atom is 0.143 e. The van der Waals surface area contributed by atoms with Gasteiger partial charge < -0.3 is 9.64 Å². The zero-order valence-corrected chi connectivity index (χ0v) is 12.1. The lowest BCUT2D eigenvalue weighted by Crippen LogP contribution is -2.47. The molecule has 2 nitrogen and oxygen atoms in total. The first-order valence-electron chi connectivity index (χ1n) is 7.41. The molecule has 0 aliphatic carbocycles. The van der Waals surface area contributed by atoms with Crippen molar-refractivity contribution in [3.8, 4) is 5.75 Å². The Morgan fingerprint density at radius 3 is 2.90 bits per heavy atom. The summed E-state index contributed by atoms with van der Waals surface area (Å²) in [7, 11) is 2.14. The molecule has 21 heavy (non-hydrogen) atoms. The smallest absolute Gasteiger partial charge is 0.143 e. The Kier molecular flexibility index (Phi) is 2.79. The number of fused-ring (bicyclic) bond motifs is 3. The second-order valence-corrected chi connectivity index (χ2v) is 6.10. The Balaban J connectivity index is 1.87. The summed E-state index contributed by atoms with van der Waals surface area (Å²) in [5.41, 5.74) is 1.78. The third-order valence-electron chi connectivity index (χ3n) is 4.82. The van der Waals surface area contributed by atoms with Gasteiger partial charge >= 0.3 is 0 Å². The lowest BCUT2D eigenvalue weighted by atomic mass is 9.74. The summed E-state index contributed by atoms with van der Waals surface area (Å²) >= 11 is 0. The summed E-state index contributed by atoms with van der Waals surface area (Å²) in [6.07, 6.45) is 0.881. The fourth-order valence-electron chi connectivity index (χ4n) is 3.77. The van der Waals surface area contributed by atoms with Gasteiger partial charge in [0, 0.05) is 31.0 Å². The molecule has 0 N–H and O–H groups in total. The third kappa shape index (κ3) is 1.88. The molecule has 2 aromatic carbocycles. The molecule has 3 heteroatoms. The molecule has 4 rings (SSSR count). The molecular weight excluding hydrogens is 265 g/mol. The van der Waals surface area contributed by atoms with E-state index in [0.29, 0.717) is 0 Å². The van der Waals surface area contributed by atoms with Gasteiger partial charge in [0.05, 0.1) is 0 Å². The maximum absolute atomic E-state index is 13.7. The molecule has 0 amide bonds. The molecule has 1 saturated heterocycles. The molecule has 0 aromatic heterocycles. The first-order valence-corrected chi connectivity index (χ1v) is 7.41. The summed E-state index contributed by atoms with van der Waals surface area (Å²) in [5.74, 6) is 1.01. The SMILES string of the molecule is CN1CCC2(c3cccc(F)c3)Oc3ccccc3C2C1. The molecular formula is C18H18FNO. The highest BCUT2D eigenvalue weighted by atomic mass is 19.1. The molecule has 2 aromatic rings. The van der Waals surface area contributed by atoms with Crippen molar-refractivity contribution in [2.75, 3.05) is 20.1 Å². The van der Waals surface area contributed by atoms with Gasteiger partial charge in [-0.2, -0.15) is 0 Å². The predicted molar refractivity (Wildman–Crippen MR) is 80.0 cm³/mol. The van der Waals surface area contributed by atoms with Gasteiger partial charge in [-0.25, -0.2) is 4.39 Å². The van der Waals surface area contributed by atoms with E-state index >= 15 is 0 Å². The van der Waals surface area contributed by atoms with E-state index in [1.807, 2.05) is 18.2 Å². The van der Waals surface area contributed by atoms with Crippen LogP contribution in [0.2, 0.25) is 0 Å². The van der Waals surface area contributed by atoms with Crippen LogP contribution in [0.25, 0.3) is 0 Å². The van der Waals surface area contributed by atoms with Crippen molar-refractivity contribution in [1.29, 1.82) is 0 Å². The minimum absolute atomic E-state index is 0.195. The van der Waals surface area contributed by atoms with Gasteiger partial charge in [0.25, 0.3) is 0 Å². The molecule has 1 fully saturated rings. The van der Waals surface area contributed by atoms with E-state index < -0.39 is 5.60 Å². The van der Waals surface area contributed by atoms with Crippen molar-refractivity contribution in [2.24, 2.45) is 0 Å². The van der Waals surface area contributed by atoms with Gasteiger partial charge in [-0.05, 0) is 30.8 Å². The fourth-order valence-corrected chi connectivity index (χ4v) is 3.77. The monoisotopic (exact) mass is 283 g/mol. The average Bonchev–Trinajstić information content (AvgIpc) is 2.82. The number of hydrogen-bond acceptors (Lipinski definition) is 2. The number of hydrogen-bond donors (Lipinski definition) is 0. The first-order chi connectivity index (χ1) is 10.2. The Morgan fingerprint density at radius 1 is 1.19 bits per heavy atom. The Morgan fingerprint density at radius 2 is 2.05 bits per heavy atom. The molecule has 2 heterocycles. The number of likely N-dealkylation sites (N-methyl/N-ethyl adjacent to an activating group) is 1. The number of likely N-dealkylation sites (tertiary alicyclic amines) is 1. The van der Waals surface area contributed by atoms with Crippen LogP contribution in [-0.2, 0) is 5.60 Å². The van der Waals surface area contributed by atoms with Crippen LogP contribution in [-0.4, -0.2) is 25.0 Å². The first kappa shape index (κ1) is 12.8. The number of para-hydroxylation sites is 1. The van der Waals surface area contributed by atoms with Crippen molar-refractivity contribution in [2.45, 2.75) is 17.9 Å². The Bertz CT molecular complexity index is 686. The number of nitrogens with zero attached hydrogens (tertiary/aromatic N) is 1. The average molecular weight is 283 g/mol. The van der Waals surface area contributed by atoms with E-state index in [2.05, 4.69) is 24.1 Å². The van der Waals surface area contributed by atoms with Crippen molar-refractivity contribution in [3.63, 3.8) is 0 Å². The zero-order chi connectivity index (χ0) is 14.4. The van der Waals surface area contributed by atoms with Crippen molar-refractivity contribution in [1.82, 2.24) is 4.90 Å². The fraction of sp³-hybridized carbons (Fsp3) is 0.333. The number of halogens is 1. The molecule has 2 atom stereocenters. The highest BCUT2D eigenvalue weighted by Crippen LogP contribution is 2.54. The number of ether oxygens (including phenoxy) is 1. The van der Waals surface area contributed by atoms with E-state index in [4.69, 9.17) is 4.74 Å². The topological polar surface area (TPSA) is 12.5 Å². The van der Waals surface area contributed by atoms with Crippen LogP contribution in [0.5, 0.6) is 5.75 Å². The number of rotatable bonds is 1. The summed E-state index contributed by atoms with van der Waals surface area (Å²) in [5, 5.41) is 0. The summed E-state index contributed by atoms with van der Waals surface area (Å²) in [6.45, 7) is 1.90. The lowest BCUT2D eigenvalue weighted by molar-refractivity contribution is 0.00680. The van der Waals surface area contributed by atoms with E-state index in [9.17, 15) is 4.39 Å². The molecule has 108 valence electrons. The van der Waals surface area contributed by atoms with Gasteiger partial charge in [0.15, 0.2) is 0 Å². The predicted octanol–water partition coefficient (Wildman–Crippen LogP) is 3.53. The van der Waals surface area contributed by atoms with Crippen LogP contribution < -0.4 is 4.74 Å². The van der Waals surface area contributed by atoms with Crippen LogP contribution in [0.3, 0.4) is 0 Å². The third-order valence-corrected chi connectivity index (χ3v) is 4.82. The van der Waals surface area contributed by atoms with E-state index in [-0.39, 0.29) is 11.7 Å². The van der Waals surface area contributed by atoms with E-state index in [1.165, 1.54) is 11.6 Å². The van der Waals surface area contributed by atoms with Gasteiger partial charge in [0.2, 0.25) is 0 Å². The van der Waals surface area contributed by atoms with Crippen LogP contribution in [0.1, 0.15) is 23.5 Å². The number of benzene rings is 2. The van der Waals surface area contributed by atoms with Crippen LogP contribution in [0, 0.1) is 5.82 Å². The van der Waals surface area contributed by atoms with Crippen molar-refractivity contribution < 1.29 is 9.13 Å². The molecule has 0 bridgehead atoms. The normalized spacial score (nSPS) is 27.8. The van der Waals surface area contributed by atoms with E-state index in [1.54, 1.807) is 12.1 Å². The second-order valence-electron chi connectivity index (χ2n) is 6.10. The lowest BCUT2D eigenvalue weighted by Gasteiger charge is -2.42. The van der Waals surface area contributed by atoms with Crippen molar-refractivity contribution >= 4 is 0 Å². The van der Waals surface area contributed by atoms with Gasteiger partial charge in [-0.1, -0.05) is 30.3 Å². The largest absolute Gasteiger partial charge is 0.482 e. The molecule has 2 aliphatic heterocycles. The van der Waals surface area contributed by atoms with E-state index in [0.717, 1.165) is 30.8 Å². The molecule has 0 radical (unpaired) electrons. The quantitative estimate of drug-likeness (QED) is 0.794. The van der Waals surface area contributed by atoms with Crippen molar-refractivity contribution in [3.05, 3.63) is 65.5 Å². The van der Waals surface area contributed by atoms with Gasteiger partial charge in [-0.15, -0.1) is 0 Å². The zero-order valence-electron chi connectivity index (χ0n) is 12.1. The Hall–Kier alpha value is -1.87. The summed E-state index contributed by atoms with van der Waals surface area (Å²) in [6, 6.07) is 15.1. The highest BCUT2D eigenvalue weighted by molar-refractivity contribution is 5.47. The number of piperidine rings is 1. The molecule has 0 spiro atoms. The maximum atomic E-state index is 13.7. The standard InChI is InChI=1S/C18H18FNO/c1-20-10-9-18(13-5-4-6-14(19)11-13)16(12-20)15-7-2-3-8-17(15)21-18/h2-8,11,16H,9-10,12H2,1H3. The molecule has 2 unspecified atom stereocenters. The molecule has 2 aliphatic rings. The highest BCUT2D eigenvalue weighted by Gasteiger charge is 2.51. The minimum Gasteiger partial charge on any atom is -0.482 e. The van der Waals surface area contributed by atoms with Crippen LogP contribution in [0.4, 0.5) is 4.39 Å². The molecule has 0 saturated carbocycles.